The standard InChI is InChI=1S/C18H24N2O3/c1-3-13-6-4-5-11-19(13)16-12-17(21)20(18(16)22)14-7-9-15(23-2)10-8-14/h7-10,13,16H,3-6,11-12H2,1-2H3/p+1/t13-,16+/m0/s1. The molecule has 2 aliphatic rings. The molecule has 0 aromatic heterocycles. The summed E-state index contributed by atoms with van der Waals surface area (Å²) in [5.41, 5.74) is 0.646. The Balaban J connectivity index is 1.81. The van der Waals surface area contributed by atoms with Gasteiger partial charge in [0.05, 0.1) is 31.8 Å². The molecule has 2 aliphatic heterocycles. The Kier molecular flexibility index (Phi) is 4.66. The SMILES string of the molecule is CC[C@H]1CCCC[NH+]1[C@@H]1CC(=O)N(c2ccc(OC)cc2)C1=O. The predicted molar refractivity (Wildman–Crippen MR) is 87.7 cm³/mol. The van der Waals surface area contributed by atoms with Crippen molar-refractivity contribution in [1.82, 2.24) is 0 Å². The second-order valence-corrected chi connectivity index (χ2v) is 6.45. The summed E-state index contributed by atoms with van der Waals surface area (Å²) in [4.78, 5) is 28.0. The van der Waals surface area contributed by atoms with Crippen LogP contribution in [0.5, 0.6) is 5.75 Å². The van der Waals surface area contributed by atoms with Crippen LogP contribution < -0.4 is 14.5 Å². The minimum Gasteiger partial charge on any atom is -0.497 e. The third-order valence-corrected chi connectivity index (χ3v) is 5.21. The molecule has 2 amide bonds. The molecule has 2 fully saturated rings. The number of nitrogens with one attached hydrogen (secondary N) is 1. The Bertz CT molecular complexity index is 584. The summed E-state index contributed by atoms with van der Waals surface area (Å²) in [6.07, 6.45) is 4.93. The summed E-state index contributed by atoms with van der Waals surface area (Å²) in [6, 6.07) is 7.41. The van der Waals surface area contributed by atoms with Crippen molar-refractivity contribution in [3.05, 3.63) is 24.3 Å². The number of amides is 2. The summed E-state index contributed by atoms with van der Waals surface area (Å²) in [5.74, 6) is 0.589. The molecule has 1 aromatic carbocycles. The monoisotopic (exact) mass is 317 g/mol. The summed E-state index contributed by atoms with van der Waals surface area (Å²) in [7, 11) is 1.60. The van der Waals surface area contributed by atoms with Crippen molar-refractivity contribution in [3.8, 4) is 5.75 Å². The van der Waals surface area contributed by atoms with E-state index < -0.39 is 0 Å². The Morgan fingerprint density at radius 1 is 1.22 bits per heavy atom. The highest BCUT2D eigenvalue weighted by Gasteiger charge is 2.47. The number of rotatable bonds is 4. The van der Waals surface area contributed by atoms with Crippen LogP contribution in [-0.4, -0.2) is 37.6 Å². The van der Waals surface area contributed by atoms with Gasteiger partial charge in [0.25, 0.3) is 5.91 Å². The Morgan fingerprint density at radius 2 is 1.96 bits per heavy atom. The van der Waals surface area contributed by atoms with Gasteiger partial charge >= 0.3 is 0 Å². The number of carbonyl (C=O) groups is 2. The Hall–Kier alpha value is -1.88. The summed E-state index contributed by atoms with van der Waals surface area (Å²) >= 11 is 0. The van der Waals surface area contributed by atoms with Gasteiger partial charge in [-0.3, -0.25) is 9.59 Å². The van der Waals surface area contributed by atoms with E-state index >= 15 is 0 Å². The van der Waals surface area contributed by atoms with E-state index in [1.54, 1.807) is 31.4 Å². The van der Waals surface area contributed by atoms with Gasteiger partial charge < -0.3 is 9.64 Å². The molecule has 0 spiro atoms. The molecule has 5 nitrogen and oxygen atoms in total. The molecule has 0 radical (unpaired) electrons. The predicted octanol–water partition coefficient (Wildman–Crippen LogP) is 1.17. The minimum atomic E-state index is -0.213. The maximum atomic E-state index is 12.9. The molecular formula is C18H25N2O3+. The van der Waals surface area contributed by atoms with Crippen LogP contribution in [0.4, 0.5) is 5.69 Å². The van der Waals surface area contributed by atoms with Gasteiger partial charge in [0, 0.05) is 0 Å². The molecule has 23 heavy (non-hydrogen) atoms. The average molecular weight is 317 g/mol. The molecule has 5 heteroatoms. The van der Waals surface area contributed by atoms with Crippen molar-refractivity contribution in [2.24, 2.45) is 0 Å². The average Bonchev–Trinajstić information content (AvgIpc) is 2.89. The molecule has 2 saturated heterocycles. The van der Waals surface area contributed by atoms with E-state index in [9.17, 15) is 9.59 Å². The summed E-state index contributed by atoms with van der Waals surface area (Å²) in [5, 5.41) is 0. The number of anilines is 1. The lowest BCUT2D eigenvalue weighted by molar-refractivity contribution is -0.944. The van der Waals surface area contributed by atoms with E-state index in [2.05, 4.69) is 6.92 Å². The quantitative estimate of drug-likeness (QED) is 0.848. The van der Waals surface area contributed by atoms with E-state index in [0.29, 0.717) is 18.2 Å². The van der Waals surface area contributed by atoms with Gasteiger partial charge in [-0.25, -0.2) is 4.90 Å². The molecule has 1 aromatic rings. The zero-order chi connectivity index (χ0) is 16.4. The van der Waals surface area contributed by atoms with Crippen LogP contribution in [0.15, 0.2) is 24.3 Å². The van der Waals surface area contributed by atoms with Crippen LogP contribution in [0.3, 0.4) is 0 Å². The summed E-state index contributed by atoms with van der Waals surface area (Å²) < 4.78 is 5.14. The lowest BCUT2D eigenvalue weighted by Crippen LogP contribution is -3.20. The molecule has 3 atom stereocenters. The van der Waals surface area contributed by atoms with Crippen molar-refractivity contribution in [3.63, 3.8) is 0 Å². The van der Waals surface area contributed by atoms with Gasteiger partial charge in [-0.1, -0.05) is 6.92 Å². The fraction of sp³-hybridized carbons (Fsp3) is 0.556. The molecule has 1 N–H and O–H groups in total. The fourth-order valence-corrected chi connectivity index (χ4v) is 3.96. The number of nitrogens with zero attached hydrogens (tertiary/aromatic N) is 1. The number of ether oxygens (including phenoxy) is 1. The van der Waals surface area contributed by atoms with Crippen molar-refractivity contribution in [1.29, 1.82) is 0 Å². The van der Waals surface area contributed by atoms with Gasteiger partial charge in [-0.2, -0.15) is 0 Å². The lowest BCUT2D eigenvalue weighted by Gasteiger charge is -2.35. The topological polar surface area (TPSA) is 51.1 Å². The summed E-state index contributed by atoms with van der Waals surface area (Å²) in [6.45, 7) is 3.18. The Labute approximate surface area is 137 Å². The first kappa shape index (κ1) is 16.0. The number of piperidine rings is 1. The van der Waals surface area contributed by atoms with E-state index in [-0.39, 0.29) is 17.9 Å². The van der Waals surface area contributed by atoms with Crippen molar-refractivity contribution < 1.29 is 19.2 Å². The van der Waals surface area contributed by atoms with Gasteiger partial charge in [0.15, 0.2) is 6.04 Å². The third-order valence-electron chi connectivity index (χ3n) is 5.21. The van der Waals surface area contributed by atoms with Gasteiger partial charge in [-0.05, 0) is 49.9 Å². The van der Waals surface area contributed by atoms with E-state index in [4.69, 9.17) is 4.74 Å². The number of methoxy groups -OCH3 is 1. The van der Waals surface area contributed by atoms with Gasteiger partial charge in [0.2, 0.25) is 5.91 Å². The molecule has 2 heterocycles. The first-order valence-corrected chi connectivity index (χ1v) is 8.52. The maximum Gasteiger partial charge on any atom is 0.292 e. The van der Waals surface area contributed by atoms with E-state index in [1.807, 2.05) is 0 Å². The molecule has 0 bridgehead atoms. The second kappa shape index (κ2) is 6.71. The van der Waals surface area contributed by atoms with Crippen molar-refractivity contribution in [2.45, 2.75) is 51.1 Å². The number of likely N-dealkylation sites (tertiary alicyclic amines) is 1. The molecule has 0 saturated carbocycles. The van der Waals surface area contributed by atoms with E-state index in [1.165, 1.54) is 16.2 Å². The number of hydrogen-bond donors (Lipinski definition) is 1. The van der Waals surface area contributed by atoms with E-state index in [0.717, 1.165) is 31.6 Å². The highest BCUT2D eigenvalue weighted by Crippen LogP contribution is 2.25. The molecule has 3 rings (SSSR count). The zero-order valence-corrected chi connectivity index (χ0v) is 13.9. The molecule has 124 valence electrons. The van der Waals surface area contributed by atoms with Crippen LogP contribution in [0, 0.1) is 0 Å². The zero-order valence-electron chi connectivity index (χ0n) is 13.9. The number of hydrogen-bond acceptors (Lipinski definition) is 3. The van der Waals surface area contributed by atoms with Crippen LogP contribution in [0.2, 0.25) is 0 Å². The second-order valence-electron chi connectivity index (χ2n) is 6.45. The van der Waals surface area contributed by atoms with Gasteiger partial charge in [-0.15, -0.1) is 0 Å². The normalized spacial score (nSPS) is 28.3. The fourth-order valence-electron chi connectivity index (χ4n) is 3.96. The highest BCUT2D eigenvalue weighted by molar-refractivity contribution is 6.21. The van der Waals surface area contributed by atoms with Crippen LogP contribution in [0.25, 0.3) is 0 Å². The van der Waals surface area contributed by atoms with Crippen LogP contribution in [0.1, 0.15) is 39.0 Å². The van der Waals surface area contributed by atoms with Gasteiger partial charge in [0.1, 0.15) is 5.75 Å². The van der Waals surface area contributed by atoms with Crippen LogP contribution >= 0.6 is 0 Å². The minimum absolute atomic E-state index is 0.0458. The number of benzene rings is 1. The maximum absolute atomic E-state index is 12.9. The largest absolute Gasteiger partial charge is 0.497 e. The number of carbonyl (C=O) groups excluding carboxylic acids is 2. The van der Waals surface area contributed by atoms with Crippen molar-refractivity contribution >= 4 is 17.5 Å². The highest BCUT2D eigenvalue weighted by atomic mass is 16.5. The third kappa shape index (κ3) is 2.98. The number of quaternary nitrogens is 1. The first-order chi connectivity index (χ1) is 11.2. The molecular weight excluding hydrogens is 292 g/mol. The smallest absolute Gasteiger partial charge is 0.292 e. The lowest BCUT2D eigenvalue weighted by atomic mass is 9.97. The molecule has 0 aliphatic carbocycles. The van der Waals surface area contributed by atoms with Crippen molar-refractivity contribution in [2.75, 3.05) is 18.6 Å². The number of imide groups is 1. The Morgan fingerprint density at radius 3 is 2.61 bits per heavy atom. The molecule has 1 unspecified atom stereocenters. The first-order valence-electron chi connectivity index (χ1n) is 8.52. The van der Waals surface area contributed by atoms with Crippen LogP contribution in [-0.2, 0) is 9.59 Å².